The molecule has 0 saturated heterocycles. The SMILES string of the molecule is COC(OC)OC.C[C@H](N)c1ccc2nc[nH]c2c1.C[C@H](N[S@@](=O)C(C)(C)C)c1ccc(N)c(N)c1.C[C@H](N[S@@](=O)C(C)(C)C)c1ccc2nc[nH]c2c1.Cl. The molecule has 3 aromatic carbocycles. The quantitative estimate of drug-likeness (QED) is 0.0573. The van der Waals surface area contributed by atoms with Crippen LogP contribution in [0.5, 0.6) is 0 Å². The molecule has 2 heterocycles. The predicted octanol–water partition coefficient (Wildman–Crippen LogP) is 6.85. The minimum absolute atomic E-state index is 0. The molecule has 0 aliphatic carbocycles. The van der Waals surface area contributed by atoms with E-state index in [0.717, 1.165) is 38.8 Å². The fourth-order valence-corrected chi connectivity index (χ4v) is 6.04. The number of aromatic nitrogens is 4. The summed E-state index contributed by atoms with van der Waals surface area (Å²) < 4.78 is 43.4. The van der Waals surface area contributed by atoms with Crippen LogP contribution in [-0.2, 0) is 36.2 Å². The number of ether oxygens (including phenoxy) is 3. The van der Waals surface area contributed by atoms with Gasteiger partial charge in [0.15, 0.2) is 0 Å². The highest BCUT2D eigenvalue weighted by atomic mass is 35.5. The minimum Gasteiger partial charge on any atom is -0.397 e. The van der Waals surface area contributed by atoms with Gasteiger partial charge < -0.3 is 41.4 Å². The van der Waals surface area contributed by atoms with Crippen molar-refractivity contribution in [1.29, 1.82) is 0 Å². The van der Waals surface area contributed by atoms with Gasteiger partial charge in [-0.3, -0.25) is 0 Å². The van der Waals surface area contributed by atoms with Gasteiger partial charge >= 0.3 is 0 Å². The molecular weight excluding hydrogens is 762 g/mol. The summed E-state index contributed by atoms with van der Waals surface area (Å²) in [5.74, 6) is 0. The van der Waals surface area contributed by atoms with E-state index >= 15 is 0 Å². The normalized spacial score (nSPS) is 14.2. The molecule has 5 aromatic rings. The van der Waals surface area contributed by atoms with Gasteiger partial charge in [-0.05, 0) is 115 Å². The van der Waals surface area contributed by atoms with E-state index in [0.29, 0.717) is 11.4 Å². The molecule has 0 unspecified atom stereocenters. The Morgan fingerprint density at radius 1 is 0.636 bits per heavy atom. The zero-order valence-electron chi connectivity index (χ0n) is 34.1. The molecule has 10 N–H and O–H groups in total. The van der Waals surface area contributed by atoms with Crippen LogP contribution in [0, 0.1) is 0 Å². The molecule has 5 rings (SSSR count). The number of rotatable bonds is 10. The maximum absolute atomic E-state index is 12.0. The van der Waals surface area contributed by atoms with Gasteiger partial charge in [-0.1, -0.05) is 18.2 Å². The first-order chi connectivity index (χ1) is 25.2. The molecule has 55 heavy (non-hydrogen) atoms. The van der Waals surface area contributed by atoms with Gasteiger partial charge in [0.25, 0.3) is 6.48 Å². The summed E-state index contributed by atoms with van der Waals surface area (Å²) in [6.07, 6.45) is 3.37. The average molecular weight is 825 g/mol. The Morgan fingerprint density at radius 2 is 1.02 bits per heavy atom. The Labute approximate surface area is 337 Å². The summed E-state index contributed by atoms with van der Waals surface area (Å²) in [5, 5.41) is 0. The zero-order valence-corrected chi connectivity index (χ0v) is 36.5. The van der Waals surface area contributed by atoms with Crippen molar-refractivity contribution in [3.8, 4) is 0 Å². The monoisotopic (exact) mass is 823 g/mol. The molecule has 0 aliphatic heterocycles. The fourth-order valence-electron chi connectivity index (χ4n) is 4.42. The highest BCUT2D eigenvalue weighted by Gasteiger charge is 2.23. The minimum atomic E-state index is -1.10. The first-order valence-electron chi connectivity index (χ1n) is 17.4. The predicted molar refractivity (Wildman–Crippen MR) is 231 cm³/mol. The second-order valence-corrected chi connectivity index (χ2v) is 18.5. The lowest BCUT2D eigenvalue weighted by atomic mass is 10.1. The molecule has 0 amide bonds. The number of aromatic amines is 2. The van der Waals surface area contributed by atoms with Crippen molar-refractivity contribution in [2.75, 3.05) is 32.8 Å². The van der Waals surface area contributed by atoms with Crippen molar-refractivity contribution in [3.63, 3.8) is 0 Å². The molecule has 14 nitrogen and oxygen atoms in total. The van der Waals surface area contributed by atoms with Gasteiger partial charge in [-0.25, -0.2) is 27.8 Å². The topological polar surface area (TPSA) is 221 Å². The number of hydrogen-bond donors (Lipinski definition) is 7. The van der Waals surface area contributed by atoms with E-state index in [9.17, 15) is 8.42 Å². The molecule has 0 saturated carbocycles. The van der Waals surface area contributed by atoms with E-state index in [4.69, 9.17) is 17.2 Å². The van der Waals surface area contributed by atoms with Gasteiger partial charge in [0.2, 0.25) is 0 Å². The summed E-state index contributed by atoms with van der Waals surface area (Å²) in [6.45, 7) is 17.1. The standard InChI is InChI=1S/C13H19N3OS.C12H21N3OS.C9H11N3.C4H10O3.ClH/c1-9(16-18(17)13(2,3)4)10-5-6-11-12(7-10)15-8-14-11;1-8(15-17(16)12(2,3)4)9-5-6-10(13)11(14)7-9;1-6(10)7-2-3-8-9(4-7)12-5-11-8;1-5-4(6-2)7-3;/h5-9,16H,1-4H3,(H,14,15);5-8,15H,13-14H2,1-4H3;2-6H,10H2,1H3,(H,11,12);4H,1-3H3;1H/t9-,18-;8-,17-;6-;;/m000../s1. The molecule has 308 valence electrons. The largest absolute Gasteiger partial charge is 0.397 e. The van der Waals surface area contributed by atoms with Crippen LogP contribution in [0.25, 0.3) is 22.1 Å². The van der Waals surface area contributed by atoms with E-state index in [1.165, 1.54) is 21.3 Å². The number of fused-ring (bicyclic) bond motifs is 2. The van der Waals surface area contributed by atoms with Crippen molar-refractivity contribution >= 4 is 67.8 Å². The Bertz CT molecular complexity index is 1920. The number of nitrogens with zero attached hydrogens (tertiary/aromatic N) is 2. The molecule has 17 heteroatoms. The van der Waals surface area contributed by atoms with Crippen LogP contribution >= 0.6 is 12.4 Å². The third-order valence-electron chi connectivity index (χ3n) is 7.78. The first-order valence-corrected chi connectivity index (χ1v) is 19.7. The number of nitrogen functional groups attached to an aromatic ring is 2. The smallest absolute Gasteiger partial charge is 0.270 e. The lowest BCUT2D eigenvalue weighted by Crippen LogP contribution is -2.34. The van der Waals surface area contributed by atoms with Crippen molar-refractivity contribution in [1.82, 2.24) is 29.4 Å². The molecular formula is C38H62ClN9O5S2. The van der Waals surface area contributed by atoms with Crippen LogP contribution in [0.4, 0.5) is 11.4 Å². The Kier molecular flexibility index (Phi) is 20.7. The summed E-state index contributed by atoms with van der Waals surface area (Å²) in [4.78, 5) is 14.4. The number of nitrogens with one attached hydrogen (secondary N) is 4. The third kappa shape index (κ3) is 16.3. The molecule has 0 fully saturated rings. The summed E-state index contributed by atoms with van der Waals surface area (Å²) in [5.41, 5.74) is 25.5. The number of benzene rings is 3. The van der Waals surface area contributed by atoms with Gasteiger partial charge in [0.1, 0.15) is 0 Å². The Morgan fingerprint density at radius 3 is 1.38 bits per heavy atom. The van der Waals surface area contributed by atoms with Crippen LogP contribution in [0.2, 0.25) is 0 Å². The lowest BCUT2D eigenvalue weighted by molar-refractivity contribution is -0.252. The fraction of sp³-hybridized carbons (Fsp3) is 0.474. The van der Waals surface area contributed by atoms with Gasteiger partial charge in [-0.2, -0.15) is 0 Å². The van der Waals surface area contributed by atoms with Crippen LogP contribution in [0.3, 0.4) is 0 Å². The van der Waals surface area contributed by atoms with E-state index in [1.807, 2.05) is 111 Å². The second kappa shape index (κ2) is 22.9. The summed E-state index contributed by atoms with van der Waals surface area (Å²) in [6, 6.07) is 17.6. The van der Waals surface area contributed by atoms with Crippen LogP contribution < -0.4 is 26.6 Å². The number of methoxy groups -OCH3 is 3. The van der Waals surface area contributed by atoms with Crippen LogP contribution in [0.1, 0.15) is 97.1 Å². The molecule has 0 spiro atoms. The van der Waals surface area contributed by atoms with E-state index in [-0.39, 0.29) is 40.0 Å². The number of hydrogen-bond acceptors (Lipinski definition) is 10. The molecule has 0 aliphatic rings. The molecule has 2 aromatic heterocycles. The Balaban J connectivity index is 0.000000382. The highest BCUT2D eigenvalue weighted by Crippen LogP contribution is 2.23. The van der Waals surface area contributed by atoms with Crippen molar-refractivity contribution in [3.05, 3.63) is 83.9 Å². The number of imidazole rings is 2. The maximum atomic E-state index is 12.0. The molecule has 0 radical (unpaired) electrons. The van der Waals surface area contributed by atoms with Crippen molar-refractivity contribution in [2.24, 2.45) is 5.73 Å². The number of anilines is 2. The molecule has 5 atom stereocenters. The van der Waals surface area contributed by atoms with E-state index < -0.39 is 28.4 Å². The third-order valence-corrected chi connectivity index (χ3v) is 11.1. The van der Waals surface area contributed by atoms with Gasteiger partial charge in [-0.15, -0.1) is 12.4 Å². The number of H-pyrrole nitrogens is 2. The van der Waals surface area contributed by atoms with Crippen LogP contribution in [-0.4, -0.2) is 65.7 Å². The summed E-state index contributed by atoms with van der Waals surface area (Å²) >= 11 is 0. The van der Waals surface area contributed by atoms with Gasteiger partial charge in [0, 0.05) is 39.5 Å². The second-order valence-electron chi connectivity index (χ2n) is 14.5. The van der Waals surface area contributed by atoms with Crippen molar-refractivity contribution < 1.29 is 22.6 Å². The lowest BCUT2D eigenvalue weighted by Gasteiger charge is -2.22. The Hall–Kier alpha value is -3.45. The summed E-state index contributed by atoms with van der Waals surface area (Å²) in [7, 11) is 2.36. The van der Waals surface area contributed by atoms with Gasteiger partial charge in [0.05, 0.1) is 77.6 Å². The zero-order chi connectivity index (χ0) is 40.8. The number of nitrogens with two attached hydrogens (primary N) is 3. The van der Waals surface area contributed by atoms with E-state index in [1.54, 1.807) is 18.7 Å². The molecule has 0 bridgehead atoms. The maximum Gasteiger partial charge on any atom is 0.270 e. The first kappa shape index (κ1) is 49.6. The number of halogens is 1. The average Bonchev–Trinajstić information content (AvgIpc) is 3.79. The van der Waals surface area contributed by atoms with E-state index in [2.05, 4.69) is 43.6 Å². The highest BCUT2D eigenvalue weighted by molar-refractivity contribution is 7.84. The van der Waals surface area contributed by atoms with Crippen molar-refractivity contribution in [2.45, 2.75) is 96.4 Å². The van der Waals surface area contributed by atoms with Crippen LogP contribution in [0.15, 0.2) is 67.3 Å².